The smallest absolute Gasteiger partial charge is 0.233 e. The lowest BCUT2D eigenvalue weighted by molar-refractivity contribution is -0.120. The predicted octanol–water partition coefficient (Wildman–Crippen LogP) is 1.22. The number of hydrogen-bond donors (Lipinski definition) is 2. The van der Waals surface area contributed by atoms with Crippen LogP contribution in [0.4, 0.5) is 4.39 Å². The maximum absolute atomic E-state index is 12.6. The molecule has 0 saturated carbocycles. The molecule has 3 nitrogen and oxygen atoms in total. The summed E-state index contributed by atoms with van der Waals surface area (Å²) in [5.41, 5.74) is 6.26. The molecule has 1 unspecified atom stereocenters. The van der Waals surface area contributed by atoms with Gasteiger partial charge in [-0.15, -0.1) is 0 Å². The molecule has 88 valence electrons. The van der Waals surface area contributed by atoms with E-state index in [4.69, 9.17) is 5.73 Å². The molecule has 0 bridgehead atoms. The molecule has 0 aliphatic carbocycles. The van der Waals surface area contributed by atoms with E-state index in [9.17, 15) is 9.18 Å². The summed E-state index contributed by atoms with van der Waals surface area (Å²) in [5.74, 6) is -0.375. The van der Waals surface area contributed by atoms with Gasteiger partial charge in [0.25, 0.3) is 0 Å². The summed E-state index contributed by atoms with van der Waals surface area (Å²) in [6, 6.07) is 6.48. The van der Waals surface area contributed by atoms with E-state index in [1.165, 1.54) is 12.1 Å². The third kappa shape index (κ3) is 4.40. The third-order valence-corrected chi connectivity index (χ3v) is 2.37. The molecule has 0 aromatic heterocycles. The molecule has 0 spiro atoms. The summed E-state index contributed by atoms with van der Waals surface area (Å²) in [6.45, 7) is 1.94. The van der Waals surface area contributed by atoms with Crippen LogP contribution in [0, 0.1) is 5.82 Å². The quantitative estimate of drug-likeness (QED) is 0.790. The van der Waals surface area contributed by atoms with Gasteiger partial charge in [0.15, 0.2) is 0 Å². The minimum absolute atomic E-state index is 0.0148. The first-order valence-corrected chi connectivity index (χ1v) is 5.35. The van der Waals surface area contributed by atoms with Gasteiger partial charge in [0.1, 0.15) is 5.82 Å². The highest BCUT2D eigenvalue weighted by molar-refractivity contribution is 5.77. The van der Waals surface area contributed by atoms with Crippen molar-refractivity contribution in [1.29, 1.82) is 0 Å². The number of carbonyl (C=O) groups is 1. The van der Waals surface area contributed by atoms with Gasteiger partial charge < -0.3 is 11.1 Å². The highest BCUT2D eigenvalue weighted by Crippen LogP contribution is 2.06. The lowest BCUT2D eigenvalue weighted by Crippen LogP contribution is -2.37. The largest absolute Gasteiger partial charge is 0.353 e. The Labute approximate surface area is 94.8 Å². The zero-order valence-electron chi connectivity index (χ0n) is 9.37. The summed E-state index contributed by atoms with van der Waals surface area (Å²) >= 11 is 0. The van der Waals surface area contributed by atoms with E-state index in [1.807, 2.05) is 6.92 Å². The van der Waals surface area contributed by atoms with E-state index < -0.39 is 0 Å². The normalized spacial score (nSPS) is 12.2. The molecule has 1 aromatic carbocycles. The Morgan fingerprint density at radius 3 is 2.62 bits per heavy atom. The van der Waals surface area contributed by atoms with Crippen molar-refractivity contribution in [3.63, 3.8) is 0 Å². The number of amides is 1. The van der Waals surface area contributed by atoms with Gasteiger partial charge in [0.2, 0.25) is 5.91 Å². The molecule has 1 aromatic rings. The van der Waals surface area contributed by atoms with E-state index in [0.29, 0.717) is 0 Å². The third-order valence-electron chi connectivity index (χ3n) is 2.37. The molecule has 0 heterocycles. The van der Waals surface area contributed by atoms with Crippen molar-refractivity contribution in [3.8, 4) is 0 Å². The Bertz CT molecular complexity index is 337. The molecule has 3 N–H and O–H groups in total. The van der Waals surface area contributed by atoms with E-state index in [0.717, 1.165) is 18.4 Å². The van der Waals surface area contributed by atoms with Gasteiger partial charge in [0, 0.05) is 6.04 Å². The van der Waals surface area contributed by atoms with Crippen molar-refractivity contribution in [2.45, 2.75) is 25.8 Å². The zero-order valence-corrected chi connectivity index (χ0v) is 9.37. The maximum atomic E-state index is 12.6. The minimum Gasteiger partial charge on any atom is -0.353 e. The molecule has 4 heteroatoms. The van der Waals surface area contributed by atoms with E-state index in [1.54, 1.807) is 12.1 Å². The number of carbonyl (C=O) groups excluding carboxylic acids is 1. The van der Waals surface area contributed by atoms with Crippen molar-refractivity contribution in [1.82, 2.24) is 5.32 Å². The molecular weight excluding hydrogens is 207 g/mol. The van der Waals surface area contributed by atoms with Crippen LogP contribution < -0.4 is 11.1 Å². The van der Waals surface area contributed by atoms with Gasteiger partial charge >= 0.3 is 0 Å². The molecule has 1 atom stereocenters. The molecule has 16 heavy (non-hydrogen) atoms. The molecule has 0 fully saturated rings. The Morgan fingerprint density at radius 2 is 2.06 bits per heavy atom. The summed E-state index contributed by atoms with van der Waals surface area (Å²) in [4.78, 5) is 11.0. The molecule has 0 aliphatic heterocycles. The summed E-state index contributed by atoms with van der Waals surface area (Å²) in [5, 5.41) is 2.77. The average Bonchev–Trinajstić information content (AvgIpc) is 2.28. The second-order valence-corrected chi connectivity index (χ2v) is 3.84. The van der Waals surface area contributed by atoms with Crippen molar-refractivity contribution in [2.75, 3.05) is 6.54 Å². The van der Waals surface area contributed by atoms with Crippen LogP contribution in [0.15, 0.2) is 24.3 Å². The van der Waals surface area contributed by atoms with Crippen molar-refractivity contribution in [2.24, 2.45) is 5.73 Å². The van der Waals surface area contributed by atoms with Crippen molar-refractivity contribution < 1.29 is 9.18 Å². The molecule has 1 rings (SSSR count). The maximum Gasteiger partial charge on any atom is 0.233 e. The van der Waals surface area contributed by atoms with Crippen LogP contribution >= 0.6 is 0 Å². The first-order valence-electron chi connectivity index (χ1n) is 5.35. The SMILES string of the molecule is CC(CCc1ccc(F)cc1)NC(=O)CN. The van der Waals surface area contributed by atoms with Crippen LogP contribution in [0.5, 0.6) is 0 Å². The summed E-state index contributed by atoms with van der Waals surface area (Å²) < 4.78 is 12.6. The highest BCUT2D eigenvalue weighted by atomic mass is 19.1. The molecule has 0 radical (unpaired) electrons. The van der Waals surface area contributed by atoms with Gasteiger partial charge in [-0.3, -0.25) is 4.79 Å². The van der Waals surface area contributed by atoms with Gasteiger partial charge in [-0.25, -0.2) is 4.39 Å². The predicted molar refractivity (Wildman–Crippen MR) is 61.4 cm³/mol. The van der Waals surface area contributed by atoms with Gasteiger partial charge in [-0.05, 0) is 37.5 Å². The fourth-order valence-corrected chi connectivity index (χ4v) is 1.44. The fourth-order valence-electron chi connectivity index (χ4n) is 1.44. The fraction of sp³-hybridized carbons (Fsp3) is 0.417. The lowest BCUT2D eigenvalue weighted by Gasteiger charge is -2.12. The van der Waals surface area contributed by atoms with Crippen LogP contribution in [0.3, 0.4) is 0 Å². The molecule has 0 saturated heterocycles. The summed E-state index contributed by atoms with van der Waals surface area (Å²) in [7, 11) is 0. The van der Waals surface area contributed by atoms with Gasteiger partial charge in [0.05, 0.1) is 6.54 Å². The number of hydrogen-bond acceptors (Lipinski definition) is 2. The van der Waals surface area contributed by atoms with E-state index >= 15 is 0 Å². The van der Waals surface area contributed by atoms with E-state index in [2.05, 4.69) is 5.32 Å². The van der Waals surface area contributed by atoms with Crippen LogP contribution in [0.2, 0.25) is 0 Å². The summed E-state index contributed by atoms with van der Waals surface area (Å²) in [6.07, 6.45) is 1.63. The highest BCUT2D eigenvalue weighted by Gasteiger charge is 2.05. The van der Waals surface area contributed by atoms with Crippen molar-refractivity contribution >= 4 is 5.91 Å². The molecule has 0 aliphatic rings. The average molecular weight is 224 g/mol. The van der Waals surface area contributed by atoms with Gasteiger partial charge in [-0.2, -0.15) is 0 Å². The minimum atomic E-state index is -0.228. The molecular formula is C12H17FN2O. The van der Waals surface area contributed by atoms with Gasteiger partial charge in [-0.1, -0.05) is 12.1 Å². The first-order chi connectivity index (χ1) is 7.61. The first kappa shape index (κ1) is 12.6. The van der Waals surface area contributed by atoms with Crippen LogP contribution in [-0.4, -0.2) is 18.5 Å². The second-order valence-electron chi connectivity index (χ2n) is 3.84. The van der Waals surface area contributed by atoms with Crippen molar-refractivity contribution in [3.05, 3.63) is 35.6 Å². The van der Waals surface area contributed by atoms with Crippen LogP contribution in [0.25, 0.3) is 0 Å². The lowest BCUT2D eigenvalue weighted by atomic mass is 10.1. The second kappa shape index (κ2) is 6.23. The number of halogens is 1. The number of rotatable bonds is 5. The van der Waals surface area contributed by atoms with E-state index in [-0.39, 0.29) is 24.3 Å². The number of benzene rings is 1. The number of aryl methyl sites for hydroxylation is 1. The standard InChI is InChI=1S/C12H17FN2O/c1-9(15-12(16)8-14)2-3-10-4-6-11(13)7-5-10/h4-7,9H,2-3,8,14H2,1H3,(H,15,16). The number of nitrogens with two attached hydrogens (primary N) is 1. The monoisotopic (exact) mass is 224 g/mol. The zero-order chi connectivity index (χ0) is 12.0. The Hall–Kier alpha value is -1.42. The topological polar surface area (TPSA) is 55.1 Å². The van der Waals surface area contributed by atoms with Crippen LogP contribution in [-0.2, 0) is 11.2 Å². The number of nitrogens with one attached hydrogen (secondary N) is 1. The molecule has 1 amide bonds. The Morgan fingerprint density at radius 1 is 1.44 bits per heavy atom. The Kier molecular flexibility index (Phi) is 4.92. The Balaban J connectivity index is 2.34. The van der Waals surface area contributed by atoms with Crippen LogP contribution in [0.1, 0.15) is 18.9 Å².